The predicted molar refractivity (Wildman–Crippen MR) is 133 cm³/mol. The highest BCUT2D eigenvalue weighted by molar-refractivity contribution is 5.98. The maximum absolute atomic E-state index is 14.2. The Bertz CT molecular complexity index is 982. The van der Waals surface area contributed by atoms with Crippen molar-refractivity contribution in [1.82, 2.24) is 9.80 Å². The van der Waals surface area contributed by atoms with E-state index in [2.05, 4.69) is 13.2 Å². The number of fused-ring (bicyclic) bond motifs is 1. The Labute approximate surface area is 212 Å². The molecule has 3 aliphatic heterocycles. The number of carbonyl (C=O) groups excluding carboxylic acids is 3. The molecule has 2 amide bonds. The van der Waals surface area contributed by atoms with Gasteiger partial charge in [-0.3, -0.25) is 14.4 Å². The summed E-state index contributed by atoms with van der Waals surface area (Å²) in [7, 11) is 0. The standard InChI is InChI=1S/C28H36N2O6/c1-3-15-29(19-20-11-7-5-8-12-20)26(33)24-28-14-13-21(36-28)22(27(34)35-18-4-2)23(28)25(32)30(24)16-9-6-10-17-31/h3-5,7-8,11-12,21-24,31H,1-2,6,9-10,13-19H2/t21-,22+,23+,24?,28?/m1/s1. The van der Waals surface area contributed by atoms with Crippen LogP contribution in [-0.4, -0.2) is 76.7 Å². The number of nitrogens with zero attached hydrogens (tertiary/aromatic N) is 2. The first-order chi connectivity index (χ1) is 17.5. The van der Waals surface area contributed by atoms with Gasteiger partial charge in [0, 0.05) is 26.2 Å². The molecule has 3 heterocycles. The zero-order valence-corrected chi connectivity index (χ0v) is 20.7. The molecule has 4 rings (SSSR count). The van der Waals surface area contributed by atoms with E-state index in [1.165, 1.54) is 6.08 Å². The summed E-state index contributed by atoms with van der Waals surface area (Å²) in [6.07, 6.45) is 5.87. The Morgan fingerprint density at radius 1 is 1.19 bits per heavy atom. The number of amides is 2. The molecule has 1 N–H and O–H groups in total. The van der Waals surface area contributed by atoms with E-state index in [4.69, 9.17) is 9.47 Å². The van der Waals surface area contributed by atoms with Crippen LogP contribution in [0.4, 0.5) is 0 Å². The fourth-order valence-corrected chi connectivity index (χ4v) is 6.11. The number of likely N-dealkylation sites (tertiary alicyclic amines) is 1. The van der Waals surface area contributed by atoms with Gasteiger partial charge in [0.1, 0.15) is 18.2 Å². The summed E-state index contributed by atoms with van der Waals surface area (Å²) < 4.78 is 11.8. The highest BCUT2D eigenvalue weighted by Gasteiger charge is 2.74. The van der Waals surface area contributed by atoms with Gasteiger partial charge in [-0.2, -0.15) is 0 Å². The number of unbranched alkanes of at least 4 members (excludes halogenated alkanes) is 2. The van der Waals surface area contributed by atoms with E-state index < -0.39 is 35.6 Å². The van der Waals surface area contributed by atoms with E-state index in [9.17, 15) is 19.5 Å². The SMILES string of the molecule is C=CCOC(=O)[C@@H]1[C@H]2C(=O)N(CCCCCO)C(C(=O)N(CC=C)Cc3ccccc3)C23CC[C@H]1O3. The first-order valence-corrected chi connectivity index (χ1v) is 12.8. The van der Waals surface area contributed by atoms with Gasteiger partial charge in [0.05, 0.1) is 17.9 Å². The van der Waals surface area contributed by atoms with Crippen molar-refractivity contribution < 1.29 is 29.0 Å². The van der Waals surface area contributed by atoms with E-state index in [-0.39, 0.29) is 25.0 Å². The van der Waals surface area contributed by atoms with E-state index in [1.807, 2.05) is 30.3 Å². The predicted octanol–water partition coefficient (Wildman–Crippen LogP) is 2.47. The van der Waals surface area contributed by atoms with Crippen LogP contribution in [0, 0.1) is 11.8 Å². The molecule has 3 aliphatic rings. The summed E-state index contributed by atoms with van der Waals surface area (Å²) in [5, 5.41) is 9.18. The lowest BCUT2D eigenvalue weighted by Gasteiger charge is -2.36. The lowest BCUT2D eigenvalue weighted by atomic mass is 9.70. The first kappa shape index (κ1) is 26.1. The molecule has 3 saturated heterocycles. The first-order valence-electron chi connectivity index (χ1n) is 12.8. The molecule has 8 nitrogen and oxygen atoms in total. The number of benzene rings is 1. The second-order valence-corrected chi connectivity index (χ2v) is 9.78. The number of ether oxygens (including phenoxy) is 2. The monoisotopic (exact) mass is 496 g/mol. The van der Waals surface area contributed by atoms with Crippen molar-refractivity contribution >= 4 is 17.8 Å². The van der Waals surface area contributed by atoms with Crippen molar-refractivity contribution in [3.8, 4) is 0 Å². The third-order valence-electron chi connectivity index (χ3n) is 7.58. The Balaban J connectivity index is 1.66. The number of carbonyl (C=O) groups is 3. The summed E-state index contributed by atoms with van der Waals surface area (Å²) in [6, 6.07) is 8.87. The molecule has 1 spiro atoms. The smallest absolute Gasteiger partial charge is 0.312 e. The Morgan fingerprint density at radius 3 is 2.67 bits per heavy atom. The molecule has 36 heavy (non-hydrogen) atoms. The van der Waals surface area contributed by atoms with Crippen LogP contribution in [0.1, 0.15) is 37.7 Å². The van der Waals surface area contributed by atoms with E-state index in [0.29, 0.717) is 45.3 Å². The van der Waals surface area contributed by atoms with Gasteiger partial charge in [-0.15, -0.1) is 6.58 Å². The van der Waals surface area contributed by atoms with Crippen LogP contribution in [0.5, 0.6) is 0 Å². The number of hydrogen-bond donors (Lipinski definition) is 1. The zero-order chi connectivity index (χ0) is 25.7. The van der Waals surface area contributed by atoms with Crippen LogP contribution in [0.3, 0.4) is 0 Å². The van der Waals surface area contributed by atoms with Crippen molar-refractivity contribution in [2.75, 3.05) is 26.3 Å². The Kier molecular flexibility index (Phi) is 8.26. The van der Waals surface area contributed by atoms with Crippen molar-refractivity contribution in [2.24, 2.45) is 11.8 Å². The highest BCUT2D eigenvalue weighted by Crippen LogP contribution is 2.58. The molecule has 194 valence electrons. The summed E-state index contributed by atoms with van der Waals surface area (Å²) >= 11 is 0. The highest BCUT2D eigenvalue weighted by atomic mass is 16.6. The van der Waals surface area contributed by atoms with Crippen LogP contribution in [0.25, 0.3) is 0 Å². The van der Waals surface area contributed by atoms with Gasteiger partial charge in [-0.05, 0) is 37.7 Å². The molecule has 3 fully saturated rings. The Hall–Kier alpha value is -2.97. The number of esters is 1. The second kappa shape index (κ2) is 11.4. The van der Waals surface area contributed by atoms with Crippen LogP contribution >= 0.6 is 0 Å². The van der Waals surface area contributed by atoms with Gasteiger partial charge in [0.25, 0.3) is 0 Å². The largest absolute Gasteiger partial charge is 0.461 e. The number of rotatable bonds is 13. The summed E-state index contributed by atoms with van der Waals surface area (Å²) in [4.78, 5) is 44.4. The maximum atomic E-state index is 14.2. The molecular weight excluding hydrogens is 460 g/mol. The van der Waals surface area contributed by atoms with E-state index in [0.717, 1.165) is 12.0 Å². The second-order valence-electron chi connectivity index (χ2n) is 9.78. The molecule has 0 aromatic heterocycles. The minimum Gasteiger partial charge on any atom is -0.461 e. The number of hydrogen-bond acceptors (Lipinski definition) is 6. The molecule has 8 heteroatoms. The molecule has 0 aliphatic carbocycles. The lowest BCUT2D eigenvalue weighted by Crippen LogP contribution is -2.56. The van der Waals surface area contributed by atoms with Crippen LogP contribution in [0.2, 0.25) is 0 Å². The topological polar surface area (TPSA) is 96.4 Å². The van der Waals surface area contributed by atoms with Crippen molar-refractivity contribution in [3.63, 3.8) is 0 Å². The van der Waals surface area contributed by atoms with Crippen LogP contribution < -0.4 is 0 Å². The fraction of sp³-hybridized carbons (Fsp3) is 0.536. The minimum atomic E-state index is -1.05. The normalized spacial score (nSPS) is 28.1. The molecule has 2 unspecified atom stereocenters. The van der Waals surface area contributed by atoms with Crippen molar-refractivity contribution in [3.05, 3.63) is 61.2 Å². The van der Waals surface area contributed by atoms with Gasteiger partial charge in [0.15, 0.2) is 0 Å². The van der Waals surface area contributed by atoms with Gasteiger partial charge in [-0.25, -0.2) is 0 Å². The molecule has 1 aromatic carbocycles. The van der Waals surface area contributed by atoms with Crippen molar-refractivity contribution in [2.45, 2.75) is 56.4 Å². The van der Waals surface area contributed by atoms with Crippen molar-refractivity contribution in [1.29, 1.82) is 0 Å². The van der Waals surface area contributed by atoms with Gasteiger partial charge < -0.3 is 24.4 Å². The molecular formula is C28H36N2O6. The van der Waals surface area contributed by atoms with Gasteiger partial charge >= 0.3 is 5.97 Å². The molecule has 0 radical (unpaired) electrons. The van der Waals surface area contributed by atoms with E-state index in [1.54, 1.807) is 15.9 Å². The minimum absolute atomic E-state index is 0.0629. The van der Waals surface area contributed by atoms with Gasteiger partial charge in [0.2, 0.25) is 11.8 Å². The molecule has 1 aromatic rings. The summed E-state index contributed by atoms with van der Waals surface area (Å²) in [6.45, 7) is 8.64. The third kappa shape index (κ3) is 4.72. The average molecular weight is 497 g/mol. The summed E-state index contributed by atoms with van der Waals surface area (Å²) in [5.41, 5.74) is -0.0767. The van der Waals surface area contributed by atoms with Crippen LogP contribution in [-0.2, 0) is 30.4 Å². The molecule has 5 atom stereocenters. The number of aliphatic hydroxyl groups is 1. The quantitative estimate of drug-likeness (QED) is 0.256. The van der Waals surface area contributed by atoms with Crippen LogP contribution in [0.15, 0.2) is 55.6 Å². The number of aliphatic hydroxyl groups excluding tert-OH is 1. The zero-order valence-electron chi connectivity index (χ0n) is 20.7. The average Bonchev–Trinajstić information content (AvgIpc) is 3.52. The summed E-state index contributed by atoms with van der Waals surface area (Å²) in [5.74, 6) is -2.37. The Morgan fingerprint density at radius 2 is 1.97 bits per heavy atom. The fourth-order valence-electron chi connectivity index (χ4n) is 6.11. The van der Waals surface area contributed by atoms with Gasteiger partial charge in [-0.1, -0.05) is 49.1 Å². The maximum Gasteiger partial charge on any atom is 0.312 e. The van der Waals surface area contributed by atoms with E-state index >= 15 is 0 Å². The lowest BCUT2D eigenvalue weighted by molar-refractivity contribution is -0.154. The molecule has 0 saturated carbocycles. The third-order valence-corrected chi connectivity index (χ3v) is 7.58. The molecule has 2 bridgehead atoms.